The summed E-state index contributed by atoms with van der Waals surface area (Å²) < 4.78 is 40.5. The average molecular weight is 427 g/mol. The van der Waals surface area contributed by atoms with Crippen LogP contribution in [-0.2, 0) is 6.42 Å². The van der Waals surface area contributed by atoms with E-state index in [1.165, 1.54) is 68.4 Å². The number of hydrogen-bond acceptors (Lipinski definition) is 1. The van der Waals surface area contributed by atoms with Gasteiger partial charge in [-0.1, -0.05) is 55.7 Å². The number of benzene rings is 2. The quantitative estimate of drug-likeness (QED) is 0.326. The molecule has 2 aromatic carbocycles. The third kappa shape index (κ3) is 8.17. The van der Waals surface area contributed by atoms with Crippen molar-refractivity contribution in [2.24, 2.45) is 11.8 Å². The summed E-state index contributed by atoms with van der Waals surface area (Å²) >= 11 is 0. The smallest absolute Gasteiger partial charge is 0.406 e. The number of ether oxygens (including phenoxy) is 1. The van der Waals surface area contributed by atoms with Crippen molar-refractivity contribution in [1.82, 2.24) is 0 Å². The summed E-state index contributed by atoms with van der Waals surface area (Å²) in [5.74, 6) is 7.53. The average Bonchev–Trinajstić information content (AvgIpc) is 2.76. The van der Waals surface area contributed by atoms with Gasteiger partial charge in [-0.05, 0) is 79.5 Å². The van der Waals surface area contributed by atoms with Crippen molar-refractivity contribution in [3.8, 4) is 17.6 Å². The zero-order valence-corrected chi connectivity index (χ0v) is 17.8. The zero-order valence-electron chi connectivity index (χ0n) is 17.8. The molecule has 31 heavy (non-hydrogen) atoms. The molecule has 0 spiro atoms. The van der Waals surface area contributed by atoms with Gasteiger partial charge in [-0.25, -0.2) is 0 Å². The predicted octanol–water partition coefficient (Wildman–Crippen LogP) is 7.69. The third-order valence-corrected chi connectivity index (χ3v) is 5.98. The van der Waals surface area contributed by atoms with Gasteiger partial charge in [0.05, 0.1) is 0 Å². The van der Waals surface area contributed by atoms with Crippen LogP contribution in [0.15, 0.2) is 61.2 Å². The third-order valence-electron chi connectivity index (χ3n) is 5.98. The van der Waals surface area contributed by atoms with E-state index in [2.05, 4.69) is 35.3 Å². The molecule has 0 radical (unpaired) electrons. The van der Waals surface area contributed by atoms with E-state index >= 15 is 0 Å². The maximum atomic E-state index is 12.2. The molecule has 0 atom stereocenters. The molecule has 1 saturated carbocycles. The minimum atomic E-state index is -4.68. The fourth-order valence-electron chi connectivity index (χ4n) is 4.17. The van der Waals surface area contributed by atoms with E-state index in [4.69, 9.17) is 0 Å². The molecule has 4 heteroatoms. The lowest BCUT2D eigenvalue weighted by atomic mass is 9.78. The van der Waals surface area contributed by atoms with Crippen LogP contribution >= 0.6 is 0 Å². The maximum Gasteiger partial charge on any atom is 0.573 e. The molecule has 164 valence electrons. The highest BCUT2D eigenvalue weighted by molar-refractivity contribution is 5.44. The van der Waals surface area contributed by atoms with Gasteiger partial charge < -0.3 is 4.74 Å². The van der Waals surface area contributed by atoms with E-state index in [1.54, 1.807) is 0 Å². The molecule has 1 fully saturated rings. The number of alkyl halides is 3. The minimum Gasteiger partial charge on any atom is -0.406 e. The molecule has 0 aromatic heterocycles. The first kappa shape index (κ1) is 23.0. The second kappa shape index (κ2) is 11.1. The Morgan fingerprint density at radius 2 is 1.35 bits per heavy atom. The fraction of sp³-hybridized carbons (Fsp3) is 0.407. The molecule has 3 rings (SSSR count). The highest BCUT2D eigenvalue weighted by atomic mass is 19.4. The molecule has 1 nitrogen and oxygen atoms in total. The van der Waals surface area contributed by atoms with Crippen molar-refractivity contribution < 1.29 is 17.9 Å². The molecule has 0 bridgehead atoms. The Labute approximate surface area is 183 Å². The highest BCUT2D eigenvalue weighted by Gasteiger charge is 2.30. The van der Waals surface area contributed by atoms with E-state index in [1.807, 2.05) is 18.2 Å². The van der Waals surface area contributed by atoms with Crippen LogP contribution in [0, 0.1) is 23.7 Å². The van der Waals surface area contributed by atoms with Crippen LogP contribution in [-0.4, -0.2) is 6.36 Å². The SMILES string of the molecule is C=CCCC1CCC(CCc2ccc(C#Cc3ccc(OC(F)(F)F)cc3)cc2)CC1. The fourth-order valence-corrected chi connectivity index (χ4v) is 4.17. The standard InChI is InChI=1S/C27H29F3O/c1-2-3-4-21-5-7-22(8-6-21)9-10-23-11-13-24(14-12-23)15-16-25-17-19-26(20-18-25)31-27(28,29)30/h2,11-14,17-22H,1,3-10H2. The molecule has 0 amide bonds. The Morgan fingerprint density at radius 3 is 1.87 bits per heavy atom. The van der Waals surface area contributed by atoms with Gasteiger partial charge in [0, 0.05) is 11.1 Å². The summed E-state index contributed by atoms with van der Waals surface area (Å²) in [7, 11) is 0. The van der Waals surface area contributed by atoms with E-state index in [9.17, 15) is 13.2 Å². The topological polar surface area (TPSA) is 9.23 Å². The van der Waals surface area contributed by atoms with Crippen LogP contribution in [0.2, 0.25) is 0 Å². The highest BCUT2D eigenvalue weighted by Crippen LogP contribution is 2.34. The first-order chi connectivity index (χ1) is 14.9. The van der Waals surface area contributed by atoms with Crippen LogP contribution in [0.5, 0.6) is 5.75 Å². The van der Waals surface area contributed by atoms with Crippen molar-refractivity contribution in [2.75, 3.05) is 0 Å². The van der Waals surface area contributed by atoms with Crippen molar-refractivity contribution in [3.63, 3.8) is 0 Å². The van der Waals surface area contributed by atoms with Gasteiger partial charge in [0.15, 0.2) is 0 Å². The lowest BCUT2D eigenvalue weighted by Crippen LogP contribution is -2.16. The number of rotatable bonds is 7. The lowest BCUT2D eigenvalue weighted by molar-refractivity contribution is -0.274. The maximum absolute atomic E-state index is 12.2. The van der Waals surface area contributed by atoms with Crippen LogP contribution in [0.1, 0.15) is 61.6 Å². The van der Waals surface area contributed by atoms with E-state index in [-0.39, 0.29) is 5.75 Å². The van der Waals surface area contributed by atoms with E-state index in [0.717, 1.165) is 30.2 Å². The number of aryl methyl sites for hydroxylation is 1. The predicted molar refractivity (Wildman–Crippen MR) is 119 cm³/mol. The largest absolute Gasteiger partial charge is 0.573 e. The zero-order chi connectivity index (χ0) is 22.1. The summed E-state index contributed by atoms with van der Waals surface area (Å²) in [4.78, 5) is 0. The van der Waals surface area contributed by atoms with Crippen molar-refractivity contribution >= 4 is 0 Å². The molecule has 0 heterocycles. The van der Waals surface area contributed by atoms with Gasteiger partial charge in [-0.3, -0.25) is 0 Å². The Balaban J connectivity index is 1.45. The minimum absolute atomic E-state index is 0.243. The molecular formula is C27H29F3O. The molecule has 2 aromatic rings. The Morgan fingerprint density at radius 1 is 0.839 bits per heavy atom. The van der Waals surface area contributed by atoms with Gasteiger partial charge >= 0.3 is 6.36 Å². The van der Waals surface area contributed by atoms with Crippen molar-refractivity contribution in [3.05, 3.63) is 77.9 Å². The van der Waals surface area contributed by atoms with Gasteiger partial charge in [0.25, 0.3) is 0 Å². The lowest BCUT2D eigenvalue weighted by Gasteiger charge is -2.28. The molecule has 1 aliphatic rings. The van der Waals surface area contributed by atoms with E-state index in [0.29, 0.717) is 5.56 Å². The van der Waals surface area contributed by atoms with E-state index < -0.39 is 6.36 Å². The van der Waals surface area contributed by atoms with Crippen LogP contribution < -0.4 is 4.74 Å². The monoisotopic (exact) mass is 426 g/mol. The Kier molecular flexibility index (Phi) is 8.23. The molecular weight excluding hydrogens is 397 g/mol. The van der Waals surface area contributed by atoms with Crippen molar-refractivity contribution in [2.45, 2.75) is 57.7 Å². The first-order valence-corrected chi connectivity index (χ1v) is 11.0. The molecule has 1 aliphatic carbocycles. The van der Waals surface area contributed by atoms with Gasteiger partial charge in [-0.15, -0.1) is 19.8 Å². The second-order valence-corrected chi connectivity index (χ2v) is 8.31. The summed E-state index contributed by atoms with van der Waals surface area (Å²) in [5, 5.41) is 0. The Hall–Kier alpha value is -2.67. The summed E-state index contributed by atoms with van der Waals surface area (Å²) in [6, 6.07) is 13.9. The van der Waals surface area contributed by atoms with Gasteiger partial charge in [0.2, 0.25) is 0 Å². The van der Waals surface area contributed by atoms with Crippen LogP contribution in [0.4, 0.5) is 13.2 Å². The second-order valence-electron chi connectivity index (χ2n) is 8.31. The number of allylic oxidation sites excluding steroid dienone is 1. The summed E-state index contributed by atoms with van der Waals surface area (Å²) in [5.41, 5.74) is 2.86. The molecule has 0 aliphatic heterocycles. The Bertz CT molecular complexity index is 877. The number of hydrogen-bond donors (Lipinski definition) is 0. The molecule has 0 saturated heterocycles. The van der Waals surface area contributed by atoms with Gasteiger partial charge in [-0.2, -0.15) is 0 Å². The van der Waals surface area contributed by atoms with Crippen molar-refractivity contribution in [1.29, 1.82) is 0 Å². The van der Waals surface area contributed by atoms with Gasteiger partial charge in [0.1, 0.15) is 5.75 Å². The molecule has 0 unspecified atom stereocenters. The number of halogens is 3. The normalized spacial score (nSPS) is 18.7. The summed E-state index contributed by atoms with van der Waals surface area (Å²) in [6.07, 6.45) is 7.53. The van der Waals surface area contributed by atoms with Crippen LogP contribution in [0.25, 0.3) is 0 Å². The van der Waals surface area contributed by atoms with Crippen LogP contribution in [0.3, 0.4) is 0 Å². The summed E-state index contributed by atoms with van der Waals surface area (Å²) in [6.45, 7) is 3.82. The first-order valence-electron chi connectivity index (χ1n) is 11.0. The molecule has 0 N–H and O–H groups in total.